The molecule has 1 aromatic heterocycles. The number of carbonyl (C=O) groups excluding carboxylic acids is 1. The lowest BCUT2D eigenvalue weighted by Gasteiger charge is -2.36. The van der Waals surface area contributed by atoms with Crippen molar-refractivity contribution >= 4 is 23.5 Å². The predicted octanol–water partition coefficient (Wildman–Crippen LogP) is 4.88. The molecule has 0 saturated carbocycles. The number of aliphatic hydroxyl groups is 1. The van der Waals surface area contributed by atoms with E-state index in [4.69, 9.17) is 14.2 Å². The maximum absolute atomic E-state index is 12.1. The van der Waals surface area contributed by atoms with Gasteiger partial charge in [-0.15, -0.1) is 0 Å². The van der Waals surface area contributed by atoms with Crippen LogP contribution in [0.25, 0.3) is 0 Å². The van der Waals surface area contributed by atoms with E-state index in [2.05, 4.69) is 11.9 Å². The zero-order chi connectivity index (χ0) is 25.3. The number of aromatic nitrogens is 1. The lowest BCUT2D eigenvalue weighted by atomic mass is 10.0. The Bertz CT molecular complexity index is 1160. The fourth-order valence-corrected chi connectivity index (χ4v) is 4.67. The summed E-state index contributed by atoms with van der Waals surface area (Å²) >= 11 is 1.44. The molecule has 9 heteroatoms. The quantitative estimate of drug-likeness (QED) is 0.184. The Kier molecular flexibility index (Phi) is 8.96. The van der Waals surface area contributed by atoms with Crippen LogP contribution in [0, 0.1) is 5.21 Å². The van der Waals surface area contributed by atoms with Gasteiger partial charge >= 0.3 is 6.09 Å². The van der Waals surface area contributed by atoms with Gasteiger partial charge in [-0.2, -0.15) is 4.73 Å². The van der Waals surface area contributed by atoms with Crippen LogP contribution in [0.1, 0.15) is 35.5 Å². The minimum absolute atomic E-state index is 0.0232. The smallest absolute Gasteiger partial charge is 0.411 e. The van der Waals surface area contributed by atoms with Gasteiger partial charge in [0.2, 0.25) is 0 Å². The van der Waals surface area contributed by atoms with Gasteiger partial charge in [0.25, 0.3) is 5.03 Å². The molecule has 3 aromatic rings. The Hall–Kier alpha value is -3.37. The number of ether oxygens (including phenoxy) is 3. The number of rotatable bonds is 9. The number of aliphatic hydroxyl groups excluding tert-OH is 1. The minimum atomic E-state index is -0.635. The summed E-state index contributed by atoms with van der Waals surface area (Å²) in [5.74, 6) is 0.576. The van der Waals surface area contributed by atoms with Gasteiger partial charge in [0, 0.05) is 35.6 Å². The average Bonchev–Trinajstić information content (AvgIpc) is 2.92. The van der Waals surface area contributed by atoms with Gasteiger partial charge in [-0.1, -0.05) is 60.8 Å². The van der Waals surface area contributed by atoms with E-state index in [1.807, 2.05) is 42.5 Å². The average molecular weight is 509 g/mol. The highest BCUT2D eigenvalue weighted by Crippen LogP contribution is 2.39. The third-order valence-corrected chi connectivity index (χ3v) is 6.73. The largest absolute Gasteiger partial charge is 0.618 e. The molecule has 36 heavy (non-hydrogen) atoms. The lowest BCUT2D eigenvalue weighted by molar-refractivity contribution is -0.645. The molecular formula is C27H28N2O6S. The van der Waals surface area contributed by atoms with Crippen LogP contribution in [0.5, 0.6) is 0 Å². The van der Waals surface area contributed by atoms with Crippen LogP contribution in [-0.2, 0) is 20.8 Å². The van der Waals surface area contributed by atoms with E-state index in [1.165, 1.54) is 24.0 Å². The zero-order valence-corrected chi connectivity index (χ0v) is 20.4. The molecule has 2 aromatic carbocycles. The Morgan fingerprint density at radius 3 is 2.58 bits per heavy atom. The molecule has 3 atom stereocenters. The van der Waals surface area contributed by atoms with Crippen LogP contribution in [-0.4, -0.2) is 29.7 Å². The highest BCUT2D eigenvalue weighted by Gasteiger charge is 2.32. The maximum Gasteiger partial charge on any atom is 0.411 e. The number of thioether (sulfide) groups is 1. The summed E-state index contributed by atoms with van der Waals surface area (Å²) < 4.78 is 18.4. The highest BCUT2D eigenvalue weighted by molar-refractivity contribution is 7.99. The third-order valence-electron chi connectivity index (χ3n) is 5.58. The normalized spacial score (nSPS) is 19.4. The number of pyridine rings is 1. The molecule has 1 fully saturated rings. The molecule has 1 amide bonds. The molecule has 0 spiro atoms. The van der Waals surface area contributed by atoms with Gasteiger partial charge in [0.1, 0.15) is 6.61 Å². The van der Waals surface area contributed by atoms with Crippen molar-refractivity contribution in [3.05, 3.63) is 107 Å². The SMILES string of the molecule is C=CCOC(=O)Nc1ccc(C2OC(CSc3cccc[n+]3[O-])CC(c3ccc(CO)cc3)O2)cc1. The van der Waals surface area contributed by atoms with Gasteiger partial charge in [-0.05, 0) is 29.3 Å². The molecule has 0 radical (unpaired) electrons. The first kappa shape index (κ1) is 25.7. The van der Waals surface area contributed by atoms with Gasteiger partial charge in [-0.25, -0.2) is 4.79 Å². The molecule has 3 unspecified atom stereocenters. The number of benzene rings is 2. The number of nitrogens with one attached hydrogen (secondary N) is 1. The summed E-state index contributed by atoms with van der Waals surface area (Å²) in [5, 5.41) is 24.7. The number of amides is 1. The first-order valence-corrected chi connectivity index (χ1v) is 12.5. The second-order valence-corrected chi connectivity index (χ2v) is 9.20. The Morgan fingerprint density at radius 2 is 1.89 bits per heavy atom. The standard InChI is InChI=1S/C27H28N2O6S/c1-2-15-33-27(31)28-22-12-10-21(11-13-22)26-34-23(18-36-25-5-3-4-14-29(25)32)16-24(35-26)20-8-6-19(17-30)7-9-20/h2-14,23-24,26,30H,1,15-18H2,(H,28,31). The van der Waals surface area contributed by atoms with Crippen molar-refractivity contribution in [2.75, 3.05) is 17.7 Å². The van der Waals surface area contributed by atoms with Crippen LogP contribution in [0.2, 0.25) is 0 Å². The lowest BCUT2D eigenvalue weighted by Crippen LogP contribution is -2.32. The molecule has 0 aliphatic carbocycles. The molecule has 0 bridgehead atoms. The highest BCUT2D eigenvalue weighted by atomic mass is 32.2. The third kappa shape index (κ3) is 6.86. The molecule has 188 valence electrons. The summed E-state index contributed by atoms with van der Waals surface area (Å²) in [6.45, 7) is 3.62. The van der Waals surface area contributed by atoms with E-state index in [-0.39, 0.29) is 25.4 Å². The minimum Gasteiger partial charge on any atom is -0.618 e. The van der Waals surface area contributed by atoms with E-state index in [0.717, 1.165) is 21.4 Å². The van der Waals surface area contributed by atoms with Crippen LogP contribution in [0.3, 0.4) is 0 Å². The maximum atomic E-state index is 12.1. The van der Waals surface area contributed by atoms with Crippen molar-refractivity contribution in [1.82, 2.24) is 0 Å². The summed E-state index contributed by atoms with van der Waals surface area (Å²) in [6, 6.07) is 20.1. The van der Waals surface area contributed by atoms with Crippen molar-refractivity contribution in [3.8, 4) is 0 Å². The molecule has 2 N–H and O–H groups in total. The summed E-state index contributed by atoms with van der Waals surface area (Å²) in [7, 11) is 0. The molecule has 1 aliphatic rings. The number of carbonyl (C=O) groups is 1. The number of hydrogen-bond acceptors (Lipinski definition) is 7. The van der Waals surface area contributed by atoms with Crippen molar-refractivity contribution < 1.29 is 28.8 Å². The van der Waals surface area contributed by atoms with Crippen LogP contribution in [0.15, 0.2) is 90.6 Å². The Morgan fingerprint density at radius 1 is 1.14 bits per heavy atom. The van der Waals surface area contributed by atoms with Gasteiger partial charge in [0.15, 0.2) is 12.5 Å². The predicted molar refractivity (Wildman–Crippen MR) is 136 cm³/mol. The number of nitrogens with zero attached hydrogens (tertiary/aromatic N) is 1. The summed E-state index contributed by atoms with van der Waals surface area (Å²) in [4.78, 5) is 11.8. The topological polar surface area (TPSA) is 104 Å². The van der Waals surface area contributed by atoms with Gasteiger partial charge in [-0.3, -0.25) is 5.32 Å². The summed E-state index contributed by atoms with van der Waals surface area (Å²) in [5.41, 5.74) is 3.19. The molecule has 4 rings (SSSR count). The number of anilines is 1. The first-order valence-electron chi connectivity index (χ1n) is 11.5. The van der Waals surface area contributed by atoms with E-state index in [9.17, 15) is 15.1 Å². The van der Waals surface area contributed by atoms with E-state index in [0.29, 0.717) is 22.9 Å². The zero-order valence-electron chi connectivity index (χ0n) is 19.6. The molecule has 8 nitrogen and oxygen atoms in total. The van der Waals surface area contributed by atoms with E-state index < -0.39 is 12.4 Å². The van der Waals surface area contributed by atoms with Crippen molar-refractivity contribution in [1.29, 1.82) is 0 Å². The molecule has 2 heterocycles. The summed E-state index contributed by atoms with van der Waals surface area (Å²) in [6.07, 6.45) is 1.98. The first-order chi connectivity index (χ1) is 17.6. The monoisotopic (exact) mass is 508 g/mol. The molecule has 1 saturated heterocycles. The van der Waals surface area contributed by atoms with Crippen molar-refractivity contribution in [3.63, 3.8) is 0 Å². The Balaban J connectivity index is 1.49. The van der Waals surface area contributed by atoms with E-state index >= 15 is 0 Å². The van der Waals surface area contributed by atoms with Gasteiger partial charge < -0.3 is 24.5 Å². The fraction of sp³-hybridized carbons (Fsp3) is 0.259. The van der Waals surface area contributed by atoms with E-state index in [1.54, 1.807) is 24.3 Å². The second-order valence-electron chi connectivity index (χ2n) is 8.16. The van der Waals surface area contributed by atoms with Crippen molar-refractivity contribution in [2.45, 2.75) is 36.6 Å². The number of hydrogen-bond donors (Lipinski definition) is 2. The van der Waals surface area contributed by atoms with Gasteiger partial charge in [0.05, 0.1) is 18.8 Å². The molecular weight excluding hydrogens is 480 g/mol. The van der Waals surface area contributed by atoms with Crippen LogP contribution >= 0.6 is 11.8 Å². The Labute approximate surface area is 214 Å². The second kappa shape index (κ2) is 12.5. The van der Waals surface area contributed by atoms with Crippen molar-refractivity contribution in [2.24, 2.45) is 0 Å². The fourth-order valence-electron chi connectivity index (χ4n) is 3.74. The molecule has 1 aliphatic heterocycles. The van der Waals surface area contributed by atoms with Crippen LogP contribution < -0.4 is 10.0 Å². The van der Waals surface area contributed by atoms with Crippen LogP contribution in [0.4, 0.5) is 10.5 Å².